The number of anilines is 1. The average molecular weight is 489 g/mol. The van der Waals surface area contributed by atoms with Crippen molar-refractivity contribution in [3.05, 3.63) is 79.5 Å². The molecule has 0 radical (unpaired) electrons. The summed E-state index contributed by atoms with van der Waals surface area (Å²) in [5.74, 6) is -2.13. The van der Waals surface area contributed by atoms with Gasteiger partial charge in [-0.05, 0) is 25.5 Å². The minimum Gasteiger partial charge on any atom is -0.466 e. The zero-order chi connectivity index (χ0) is 24.8. The molecule has 0 spiro atoms. The van der Waals surface area contributed by atoms with E-state index < -0.39 is 23.4 Å². The Kier molecular flexibility index (Phi) is 8.08. The van der Waals surface area contributed by atoms with E-state index in [4.69, 9.17) is 31.5 Å². The monoisotopic (exact) mass is 488 g/mol. The predicted octanol–water partition coefficient (Wildman–Crippen LogP) is 2.17. The molecule has 11 heteroatoms. The fourth-order valence-corrected chi connectivity index (χ4v) is 3.97. The molecule has 2 heterocycles. The van der Waals surface area contributed by atoms with E-state index >= 15 is 0 Å². The van der Waals surface area contributed by atoms with Crippen molar-refractivity contribution in [2.75, 3.05) is 26.1 Å². The molecule has 0 saturated heterocycles. The summed E-state index contributed by atoms with van der Waals surface area (Å²) in [6, 6.07) is 8.17. The Morgan fingerprint density at radius 1 is 1.18 bits per heavy atom. The Labute approximate surface area is 200 Å². The average Bonchev–Trinajstić information content (AvgIpc) is 2.78. The Hall–Kier alpha value is -3.63. The highest BCUT2D eigenvalue weighted by molar-refractivity contribution is 6.31. The van der Waals surface area contributed by atoms with Crippen molar-refractivity contribution in [1.29, 1.82) is 0 Å². The third kappa shape index (κ3) is 5.46. The van der Waals surface area contributed by atoms with Crippen molar-refractivity contribution in [2.45, 2.75) is 26.4 Å². The van der Waals surface area contributed by atoms with Crippen LogP contribution >= 0.6 is 11.6 Å². The van der Waals surface area contributed by atoms with Gasteiger partial charge in [-0.2, -0.15) is 0 Å². The molecular formula is C23H25ClN4O6. The van der Waals surface area contributed by atoms with Gasteiger partial charge < -0.3 is 25.3 Å². The van der Waals surface area contributed by atoms with Gasteiger partial charge in [0.2, 0.25) is 5.95 Å². The van der Waals surface area contributed by atoms with Crippen molar-refractivity contribution in [3.63, 3.8) is 0 Å². The maximum absolute atomic E-state index is 13.1. The summed E-state index contributed by atoms with van der Waals surface area (Å²) in [4.78, 5) is 43.9. The number of carbonyl (C=O) groups excluding carboxylic acids is 2. The fraction of sp³-hybridized carbons (Fsp3) is 0.304. The molecule has 10 nitrogen and oxygen atoms in total. The Morgan fingerprint density at radius 3 is 2.56 bits per heavy atom. The minimum atomic E-state index is -0.853. The van der Waals surface area contributed by atoms with Crippen molar-refractivity contribution in [3.8, 4) is 0 Å². The maximum atomic E-state index is 13.1. The van der Waals surface area contributed by atoms with Crippen LogP contribution in [-0.4, -0.2) is 42.2 Å². The van der Waals surface area contributed by atoms with Crippen LogP contribution in [0.25, 0.3) is 0 Å². The number of hydrogen-bond acceptors (Lipinski definition) is 9. The molecule has 0 fully saturated rings. The molecule has 1 aromatic heterocycles. The van der Waals surface area contributed by atoms with E-state index in [0.717, 1.165) is 0 Å². The molecule has 0 amide bonds. The van der Waals surface area contributed by atoms with Gasteiger partial charge in [0.25, 0.3) is 5.56 Å². The molecule has 180 valence electrons. The molecule has 0 saturated carbocycles. The Bertz CT molecular complexity index is 1220. The van der Waals surface area contributed by atoms with E-state index in [9.17, 15) is 14.4 Å². The number of hydrogen-bond donors (Lipinski definition) is 3. The lowest BCUT2D eigenvalue weighted by Gasteiger charge is -2.31. The van der Waals surface area contributed by atoms with Crippen LogP contribution in [0.1, 0.15) is 31.0 Å². The normalized spacial score (nSPS) is 15.7. The Morgan fingerprint density at radius 2 is 1.91 bits per heavy atom. The van der Waals surface area contributed by atoms with E-state index in [-0.39, 0.29) is 36.9 Å². The number of esters is 2. The van der Waals surface area contributed by atoms with Crippen molar-refractivity contribution in [1.82, 2.24) is 15.3 Å². The molecule has 1 unspecified atom stereocenters. The molecule has 0 bridgehead atoms. The molecule has 1 atom stereocenters. The Balaban J connectivity index is 2.05. The van der Waals surface area contributed by atoms with Gasteiger partial charge in [-0.1, -0.05) is 29.8 Å². The third-order valence-electron chi connectivity index (χ3n) is 5.07. The molecule has 1 aliphatic heterocycles. The molecule has 34 heavy (non-hydrogen) atoms. The van der Waals surface area contributed by atoms with Crippen LogP contribution in [0.5, 0.6) is 0 Å². The van der Waals surface area contributed by atoms with Gasteiger partial charge >= 0.3 is 11.9 Å². The van der Waals surface area contributed by atoms with Crippen molar-refractivity contribution < 1.29 is 23.8 Å². The summed E-state index contributed by atoms with van der Waals surface area (Å²) in [5, 5.41) is 3.45. The van der Waals surface area contributed by atoms with Crippen LogP contribution in [-0.2, 0) is 30.4 Å². The number of benzene rings is 1. The van der Waals surface area contributed by atoms with Crippen LogP contribution in [0.4, 0.5) is 5.95 Å². The van der Waals surface area contributed by atoms with E-state index in [1.165, 1.54) is 13.2 Å². The van der Waals surface area contributed by atoms with Gasteiger partial charge in [0.05, 0.1) is 55.4 Å². The summed E-state index contributed by atoms with van der Waals surface area (Å²) in [6.07, 6.45) is 0. The molecule has 1 aliphatic rings. The first-order valence-corrected chi connectivity index (χ1v) is 10.8. The second-order valence-corrected chi connectivity index (χ2v) is 7.74. The number of nitrogen functional groups attached to an aromatic ring is 1. The van der Waals surface area contributed by atoms with Gasteiger partial charge in [-0.15, -0.1) is 0 Å². The van der Waals surface area contributed by atoms with Crippen molar-refractivity contribution in [2.24, 2.45) is 0 Å². The van der Waals surface area contributed by atoms with Gasteiger partial charge in [0.15, 0.2) is 0 Å². The van der Waals surface area contributed by atoms with Gasteiger partial charge in [0.1, 0.15) is 0 Å². The first-order chi connectivity index (χ1) is 16.3. The topological polar surface area (TPSA) is 146 Å². The van der Waals surface area contributed by atoms with Gasteiger partial charge in [-0.3, -0.25) is 9.78 Å². The number of methoxy groups -OCH3 is 1. The number of halogens is 1. The van der Waals surface area contributed by atoms with Crippen LogP contribution in [0, 0.1) is 0 Å². The highest BCUT2D eigenvalue weighted by atomic mass is 35.5. The van der Waals surface area contributed by atoms with Crippen molar-refractivity contribution >= 4 is 29.5 Å². The smallest absolute Gasteiger partial charge is 0.336 e. The highest BCUT2D eigenvalue weighted by Gasteiger charge is 2.39. The summed E-state index contributed by atoms with van der Waals surface area (Å²) >= 11 is 6.47. The summed E-state index contributed by atoms with van der Waals surface area (Å²) in [6.45, 7) is 3.38. The number of aromatic amines is 1. The van der Waals surface area contributed by atoms with E-state index in [1.54, 1.807) is 38.1 Å². The van der Waals surface area contributed by atoms with E-state index in [0.29, 0.717) is 27.7 Å². The third-order valence-corrected chi connectivity index (χ3v) is 5.42. The first-order valence-electron chi connectivity index (χ1n) is 10.4. The van der Waals surface area contributed by atoms with E-state index in [2.05, 4.69) is 15.3 Å². The largest absolute Gasteiger partial charge is 0.466 e. The number of rotatable bonds is 8. The number of H-pyrrole nitrogens is 1. The number of dihydropyridines is 1. The first kappa shape index (κ1) is 25.0. The van der Waals surface area contributed by atoms with Gasteiger partial charge in [-0.25, -0.2) is 14.6 Å². The predicted molar refractivity (Wildman–Crippen MR) is 125 cm³/mol. The number of nitrogens with one attached hydrogen (secondary N) is 2. The molecule has 4 N–H and O–H groups in total. The number of aromatic nitrogens is 2. The van der Waals surface area contributed by atoms with Crippen LogP contribution in [0.15, 0.2) is 57.7 Å². The SMILES string of the molecule is CCOC(=O)C1=C(COCc2cc(=O)[nH]c(N)n2)NC(C)=C(C(=O)OC)C1c1ccccc1Cl. The van der Waals surface area contributed by atoms with Crippen LogP contribution < -0.4 is 16.6 Å². The standard InChI is InChI=1S/C23H25ClN4O6/c1-4-34-22(31)20-16(11-33-10-13-9-17(29)28-23(25)27-13)26-12(2)18(21(30)32-3)19(20)14-7-5-6-8-15(14)24/h5-9,19,26H,4,10-11H2,1-3H3,(H3,25,27,28,29). The minimum absolute atomic E-state index is 0.0337. The number of allylic oxidation sites excluding steroid dienone is 1. The zero-order valence-corrected chi connectivity index (χ0v) is 19.7. The fourth-order valence-electron chi connectivity index (χ4n) is 3.72. The molecular weight excluding hydrogens is 464 g/mol. The zero-order valence-electron chi connectivity index (χ0n) is 18.9. The number of nitrogens with two attached hydrogens (primary N) is 1. The second kappa shape index (κ2) is 11.0. The number of nitrogens with zero attached hydrogens (tertiary/aromatic N) is 1. The lowest BCUT2D eigenvalue weighted by atomic mass is 9.80. The lowest BCUT2D eigenvalue weighted by Crippen LogP contribution is -2.34. The van der Waals surface area contributed by atoms with Gasteiger partial charge in [0, 0.05) is 16.8 Å². The summed E-state index contributed by atoms with van der Waals surface area (Å²) < 4.78 is 16.1. The summed E-state index contributed by atoms with van der Waals surface area (Å²) in [7, 11) is 1.26. The summed E-state index contributed by atoms with van der Waals surface area (Å²) in [5.41, 5.74) is 7.27. The number of ether oxygens (including phenoxy) is 3. The van der Waals surface area contributed by atoms with Crippen LogP contribution in [0.2, 0.25) is 5.02 Å². The quantitative estimate of drug-likeness (QED) is 0.476. The molecule has 2 aromatic rings. The van der Waals surface area contributed by atoms with Crippen LogP contribution in [0.3, 0.4) is 0 Å². The lowest BCUT2D eigenvalue weighted by molar-refractivity contribution is -0.139. The number of carbonyl (C=O) groups is 2. The second-order valence-electron chi connectivity index (χ2n) is 7.34. The maximum Gasteiger partial charge on any atom is 0.336 e. The molecule has 1 aromatic carbocycles. The van der Waals surface area contributed by atoms with E-state index in [1.807, 2.05) is 0 Å². The molecule has 3 rings (SSSR count). The highest BCUT2D eigenvalue weighted by Crippen LogP contribution is 2.41. The molecule has 0 aliphatic carbocycles.